The van der Waals surface area contributed by atoms with E-state index in [1.54, 1.807) is 12.2 Å². The van der Waals surface area contributed by atoms with E-state index in [9.17, 15) is 0 Å². The van der Waals surface area contributed by atoms with E-state index in [0.717, 1.165) is 94.0 Å². The molecular weight excluding hydrogens is 687 g/mol. The lowest BCUT2D eigenvalue weighted by molar-refractivity contribution is 0.656. The van der Waals surface area contributed by atoms with Crippen LogP contribution in [-0.2, 0) is 0 Å². The summed E-state index contributed by atoms with van der Waals surface area (Å²) in [6, 6.07) is 54.3. The number of para-hydroxylation sites is 1. The first-order valence-electron chi connectivity index (χ1n) is 18.5. The summed E-state index contributed by atoms with van der Waals surface area (Å²) in [6.07, 6.45) is 5.32. The molecular formula is C51H33N3O2. The van der Waals surface area contributed by atoms with Gasteiger partial charge in [-0.1, -0.05) is 141 Å². The maximum atomic E-state index is 6.42. The number of nitrogens with zero attached hydrogens (tertiary/aromatic N) is 3. The van der Waals surface area contributed by atoms with E-state index in [1.807, 2.05) is 72.8 Å². The Balaban J connectivity index is 1.02. The molecule has 5 heteroatoms. The number of benzene rings is 7. The van der Waals surface area contributed by atoms with Gasteiger partial charge in [0.25, 0.3) is 0 Å². The third-order valence-corrected chi connectivity index (χ3v) is 10.3. The maximum absolute atomic E-state index is 6.42. The van der Waals surface area contributed by atoms with Crippen molar-refractivity contribution in [2.75, 3.05) is 0 Å². The quantitative estimate of drug-likeness (QED) is 0.146. The van der Waals surface area contributed by atoms with Crippen molar-refractivity contribution in [2.24, 2.45) is 0 Å². The van der Waals surface area contributed by atoms with Crippen LogP contribution in [0.4, 0.5) is 0 Å². The van der Waals surface area contributed by atoms with Gasteiger partial charge in [0.1, 0.15) is 22.3 Å². The molecule has 0 saturated heterocycles. The lowest BCUT2D eigenvalue weighted by Crippen LogP contribution is -2.02. The molecule has 0 unspecified atom stereocenters. The van der Waals surface area contributed by atoms with E-state index in [-0.39, 0.29) is 0 Å². The summed E-state index contributed by atoms with van der Waals surface area (Å²) in [7, 11) is 0. The Kier molecular flexibility index (Phi) is 8.04. The lowest BCUT2D eigenvalue weighted by Gasteiger charge is -2.11. The van der Waals surface area contributed by atoms with Gasteiger partial charge in [0.15, 0.2) is 17.5 Å². The molecule has 3 aromatic heterocycles. The second-order valence-electron chi connectivity index (χ2n) is 13.7. The molecule has 0 saturated carbocycles. The van der Waals surface area contributed by atoms with Gasteiger partial charge in [0.2, 0.25) is 0 Å². The van der Waals surface area contributed by atoms with E-state index < -0.39 is 0 Å². The van der Waals surface area contributed by atoms with Crippen LogP contribution in [0.1, 0.15) is 5.82 Å². The number of hydrogen-bond acceptors (Lipinski definition) is 5. The molecule has 0 amide bonds. The maximum Gasteiger partial charge on any atom is 0.164 e. The second-order valence-corrected chi connectivity index (χ2v) is 13.7. The van der Waals surface area contributed by atoms with Crippen LogP contribution in [-0.4, -0.2) is 15.0 Å². The molecule has 7 aromatic carbocycles. The number of aromatic nitrogens is 3. The normalized spacial score (nSPS) is 11.8. The van der Waals surface area contributed by atoms with Gasteiger partial charge in [0, 0.05) is 44.3 Å². The molecule has 10 aromatic rings. The fraction of sp³-hybridized carbons (Fsp3) is 0. The molecule has 0 aliphatic carbocycles. The molecule has 5 nitrogen and oxygen atoms in total. The minimum Gasteiger partial charge on any atom is -0.456 e. The monoisotopic (exact) mass is 719 g/mol. The van der Waals surface area contributed by atoms with Crippen LogP contribution in [0.2, 0.25) is 0 Å². The van der Waals surface area contributed by atoms with Gasteiger partial charge in [0.05, 0.1) is 0 Å². The molecule has 0 aliphatic heterocycles. The van der Waals surface area contributed by atoms with Gasteiger partial charge in [-0.2, -0.15) is 0 Å². The van der Waals surface area contributed by atoms with Crippen molar-refractivity contribution in [3.8, 4) is 56.2 Å². The van der Waals surface area contributed by atoms with Crippen LogP contribution in [0.5, 0.6) is 0 Å². The van der Waals surface area contributed by atoms with E-state index in [2.05, 4.69) is 104 Å². The average Bonchev–Trinajstić information content (AvgIpc) is 3.81. The molecule has 0 aliphatic rings. The first-order chi connectivity index (χ1) is 27.6. The summed E-state index contributed by atoms with van der Waals surface area (Å²) < 4.78 is 12.6. The van der Waals surface area contributed by atoms with Gasteiger partial charge >= 0.3 is 0 Å². The van der Waals surface area contributed by atoms with Gasteiger partial charge in [-0.3, -0.25) is 0 Å². The Hall–Kier alpha value is -7.63. The topological polar surface area (TPSA) is 65.0 Å². The predicted octanol–water partition coefficient (Wildman–Crippen LogP) is 13.8. The standard InChI is InChI=1S/C51H33N3O2/c1-3-13-32(4-2)49-52-50(39-20-11-16-34(27-39)33-14-6-5-7-15-33)54-51(53-49)40-21-12-19-37(28-40)35-17-10-18-36(26-35)38-24-25-42-44-30-43-41-22-8-9-23-45(41)55-47(43)31-48(44)56-46(42)29-38/h3-31H,1-2H2/b32-13+. The highest BCUT2D eigenvalue weighted by Gasteiger charge is 2.16. The van der Waals surface area contributed by atoms with Crippen LogP contribution < -0.4 is 0 Å². The third-order valence-electron chi connectivity index (χ3n) is 10.3. The van der Waals surface area contributed by atoms with Crippen molar-refractivity contribution in [3.05, 3.63) is 195 Å². The highest BCUT2D eigenvalue weighted by Crippen LogP contribution is 2.38. The van der Waals surface area contributed by atoms with E-state index in [1.165, 1.54) is 0 Å². The highest BCUT2D eigenvalue weighted by atomic mass is 16.3. The van der Waals surface area contributed by atoms with Crippen molar-refractivity contribution >= 4 is 49.5 Å². The smallest absolute Gasteiger partial charge is 0.164 e. The van der Waals surface area contributed by atoms with Gasteiger partial charge in [-0.15, -0.1) is 0 Å². The molecule has 0 bridgehead atoms. The molecule has 264 valence electrons. The van der Waals surface area contributed by atoms with E-state index in [4.69, 9.17) is 23.8 Å². The Morgan fingerprint density at radius 1 is 0.393 bits per heavy atom. The Morgan fingerprint density at radius 2 is 0.893 bits per heavy atom. The van der Waals surface area contributed by atoms with Crippen molar-refractivity contribution in [1.82, 2.24) is 15.0 Å². The number of furan rings is 2. The fourth-order valence-corrected chi connectivity index (χ4v) is 7.48. The lowest BCUT2D eigenvalue weighted by atomic mass is 9.97. The van der Waals surface area contributed by atoms with Gasteiger partial charge < -0.3 is 8.83 Å². The summed E-state index contributed by atoms with van der Waals surface area (Å²) in [6.45, 7) is 7.91. The third kappa shape index (κ3) is 5.88. The summed E-state index contributed by atoms with van der Waals surface area (Å²) in [4.78, 5) is 14.9. The first kappa shape index (κ1) is 33.0. The van der Waals surface area contributed by atoms with E-state index >= 15 is 0 Å². The molecule has 0 atom stereocenters. The summed E-state index contributed by atoms with van der Waals surface area (Å²) in [5, 5.41) is 4.34. The van der Waals surface area contributed by atoms with E-state index in [0.29, 0.717) is 17.5 Å². The molecule has 0 spiro atoms. The minimum atomic E-state index is 0.528. The van der Waals surface area contributed by atoms with Gasteiger partial charge in [-0.25, -0.2) is 15.0 Å². The number of rotatable bonds is 8. The van der Waals surface area contributed by atoms with Crippen molar-refractivity contribution in [2.45, 2.75) is 0 Å². The number of allylic oxidation sites excluding steroid dienone is 4. The second kappa shape index (κ2) is 13.7. The van der Waals surface area contributed by atoms with Crippen LogP contribution >= 0.6 is 0 Å². The van der Waals surface area contributed by atoms with Crippen LogP contribution in [0, 0.1) is 0 Å². The zero-order chi connectivity index (χ0) is 37.6. The summed E-state index contributed by atoms with van der Waals surface area (Å²) in [5.41, 5.74) is 12.4. The SMILES string of the molecule is C=C/C=C(\C=C)c1nc(-c2cccc(-c3ccccc3)c2)nc(-c2cccc(-c3cccc(-c4ccc5c(c4)oc4cc6oc7ccccc7c6cc45)c3)c2)n1. The largest absolute Gasteiger partial charge is 0.456 e. The van der Waals surface area contributed by atoms with Crippen LogP contribution in [0.15, 0.2) is 198 Å². The van der Waals surface area contributed by atoms with Crippen molar-refractivity contribution in [3.63, 3.8) is 0 Å². The minimum absolute atomic E-state index is 0.528. The summed E-state index contributed by atoms with van der Waals surface area (Å²) >= 11 is 0. The molecule has 10 rings (SSSR count). The Bertz CT molecular complexity index is 3190. The molecule has 0 radical (unpaired) electrons. The van der Waals surface area contributed by atoms with Crippen LogP contribution in [0.3, 0.4) is 0 Å². The van der Waals surface area contributed by atoms with Gasteiger partial charge in [-0.05, 0) is 75.8 Å². The number of fused-ring (bicyclic) bond motifs is 6. The predicted molar refractivity (Wildman–Crippen MR) is 230 cm³/mol. The average molecular weight is 720 g/mol. The Labute approximate surface area is 323 Å². The Morgan fingerprint density at radius 3 is 1.54 bits per heavy atom. The molecule has 0 fully saturated rings. The summed E-state index contributed by atoms with van der Waals surface area (Å²) in [5.74, 6) is 1.68. The molecule has 0 N–H and O–H groups in total. The fourth-order valence-electron chi connectivity index (χ4n) is 7.48. The van der Waals surface area contributed by atoms with Crippen molar-refractivity contribution in [1.29, 1.82) is 0 Å². The zero-order valence-electron chi connectivity index (χ0n) is 30.3. The molecule has 56 heavy (non-hydrogen) atoms. The first-order valence-corrected chi connectivity index (χ1v) is 18.5. The zero-order valence-corrected chi connectivity index (χ0v) is 30.3. The molecule has 3 heterocycles. The van der Waals surface area contributed by atoms with Crippen molar-refractivity contribution < 1.29 is 8.83 Å². The number of hydrogen-bond donors (Lipinski definition) is 0. The van der Waals surface area contributed by atoms with Crippen LogP contribution in [0.25, 0.3) is 106 Å². The highest BCUT2D eigenvalue weighted by molar-refractivity contribution is 6.15.